The molecule has 0 bridgehead atoms. The zero-order valence-corrected chi connectivity index (χ0v) is 12.3. The van der Waals surface area contributed by atoms with E-state index in [9.17, 15) is 5.11 Å². The van der Waals surface area contributed by atoms with Crippen LogP contribution < -0.4 is 5.73 Å². The SMILES string of the molecule is CC(C)c1ccc([C@H](O)C[C@@H](N)C(C)(C)C)cc1. The molecule has 1 rings (SSSR count). The average molecular weight is 249 g/mol. The Morgan fingerprint density at radius 3 is 1.89 bits per heavy atom. The largest absolute Gasteiger partial charge is 0.388 e. The summed E-state index contributed by atoms with van der Waals surface area (Å²) in [5.41, 5.74) is 8.39. The van der Waals surface area contributed by atoms with Crippen LogP contribution in [0.15, 0.2) is 24.3 Å². The lowest BCUT2D eigenvalue weighted by atomic mass is 9.83. The topological polar surface area (TPSA) is 46.2 Å². The first-order chi connectivity index (χ1) is 8.21. The molecule has 102 valence electrons. The van der Waals surface area contributed by atoms with Crippen molar-refractivity contribution in [1.82, 2.24) is 0 Å². The van der Waals surface area contributed by atoms with E-state index in [0.29, 0.717) is 12.3 Å². The fourth-order valence-corrected chi connectivity index (χ4v) is 1.83. The van der Waals surface area contributed by atoms with E-state index in [4.69, 9.17) is 5.73 Å². The van der Waals surface area contributed by atoms with Gasteiger partial charge in [-0.3, -0.25) is 0 Å². The predicted molar refractivity (Wildman–Crippen MR) is 77.5 cm³/mol. The highest BCUT2D eigenvalue weighted by molar-refractivity contribution is 5.26. The maximum atomic E-state index is 10.2. The van der Waals surface area contributed by atoms with Crippen LogP contribution in [0.25, 0.3) is 0 Å². The van der Waals surface area contributed by atoms with Crippen molar-refractivity contribution in [3.8, 4) is 0 Å². The van der Waals surface area contributed by atoms with Gasteiger partial charge in [-0.1, -0.05) is 58.9 Å². The van der Waals surface area contributed by atoms with Crippen LogP contribution >= 0.6 is 0 Å². The maximum Gasteiger partial charge on any atom is 0.0805 e. The van der Waals surface area contributed by atoms with Gasteiger partial charge in [-0.2, -0.15) is 0 Å². The highest BCUT2D eigenvalue weighted by atomic mass is 16.3. The van der Waals surface area contributed by atoms with Gasteiger partial charge < -0.3 is 10.8 Å². The fraction of sp³-hybridized carbons (Fsp3) is 0.625. The summed E-state index contributed by atoms with van der Waals surface area (Å²) in [4.78, 5) is 0. The summed E-state index contributed by atoms with van der Waals surface area (Å²) in [6.45, 7) is 10.6. The Balaban J connectivity index is 2.70. The van der Waals surface area contributed by atoms with Crippen LogP contribution in [0, 0.1) is 5.41 Å². The molecular weight excluding hydrogens is 222 g/mol. The molecule has 0 radical (unpaired) electrons. The average Bonchev–Trinajstić information content (AvgIpc) is 2.27. The first kappa shape index (κ1) is 15.2. The van der Waals surface area contributed by atoms with Crippen molar-refractivity contribution < 1.29 is 5.11 Å². The molecule has 0 amide bonds. The summed E-state index contributed by atoms with van der Waals surface area (Å²) in [6, 6.07) is 8.19. The van der Waals surface area contributed by atoms with Crippen LogP contribution in [-0.2, 0) is 0 Å². The molecule has 0 aliphatic heterocycles. The molecule has 0 saturated carbocycles. The Labute approximate surface area is 111 Å². The Morgan fingerprint density at radius 2 is 1.50 bits per heavy atom. The second-order valence-corrected chi connectivity index (χ2v) is 6.55. The van der Waals surface area contributed by atoms with Crippen molar-refractivity contribution in [1.29, 1.82) is 0 Å². The summed E-state index contributed by atoms with van der Waals surface area (Å²) in [6.07, 6.45) is 0.130. The molecule has 1 aromatic carbocycles. The standard InChI is InChI=1S/C16H27NO/c1-11(2)12-6-8-13(9-7-12)14(18)10-15(17)16(3,4)5/h6-9,11,14-15,18H,10,17H2,1-5H3/t14-,15-/m1/s1. The van der Waals surface area contributed by atoms with Crippen molar-refractivity contribution >= 4 is 0 Å². The molecule has 2 nitrogen and oxygen atoms in total. The summed E-state index contributed by atoms with van der Waals surface area (Å²) in [7, 11) is 0. The summed E-state index contributed by atoms with van der Waals surface area (Å²) in [5, 5.41) is 10.2. The van der Waals surface area contributed by atoms with Crippen molar-refractivity contribution in [2.24, 2.45) is 11.1 Å². The van der Waals surface area contributed by atoms with E-state index in [1.807, 2.05) is 12.1 Å². The number of benzene rings is 1. The minimum atomic E-state index is -0.472. The second-order valence-electron chi connectivity index (χ2n) is 6.55. The van der Waals surface area contributed by atoms with Gasteiger partial charge in [-0.25, -0.2) is 0 Å². The Morgan fingerprint density at radius 1 is 1.06 bits per heavy atom. The number of aliphatic hydroxyl groups excluding tert-OH is 1. The molecular formula is C16H27NO. The molecule has 2 atom stereocenters. The smallest absolute Gasteiger partial charge is 0.0805 e. The zero-order valence-electron chi connectivity index (χ0n) is 12.3. The van der Waals surface area contributed by atoms with Crippen LogP contribution in [0.3, 0.4) is 0 Å². The molecule has 3 N–H and O–H groups in total. The van der Waals surface area contributed by atoms with Gasteiger partial charge in [0.05, 0.1) is 6.10 Å². The molecule has 2 heteroatoms. The highest BCUT2D eigenvalue weighted by Crippen LogP contribution is 2.27. The minimum Gasteiger partial charge on any atom is -0.388 e. The predicted octanol–water partition coefficient (Wildman–Crippen LogP) is 3.61. The van der Waals surface area contributed by atoms with E-state index < -0.39 is 6.10 Å². The monoisotopic (exact) mass is 249 g/mol. The van der Waals surface area contributed by atoms with Gasteiger partial charge in [-0.15, -0.1) is 0 Å². The third kappa shape index (κ3) is 4.11. The second kappa shape index (κ2) is 5.85. The summed E-state index contributed by atoms with van der Waals surface area (Å²) in [5.74, 6) is 0.521. The van der Waals surface area contributed by atoms with E-state index >= 15 is 0 Å². The van der Waals surface area contributed by atoms with Crippen LogP contribution in [-0.4, -0.2) is 11.1 Å². The van der Waals surface area contributed by atoms with Crippen molar-refractivity contribution in [3.05, 3.63) is 35.4 Å². The van der Waals surface area contributed by atoms with Crippen LogP contribution in [0.5, 0.6) is 0 Å². The van der Waals surface area contributed by atoms with Gasteiger partial charge in [-0.05, 0) is 28.9 Å². The number of rotatable bonds is 4. The van der Waals surface area contributed by atoms with Gasteiger partial charge in [0.25, 0.3) is 0 Å². The molecule has 0 spiro atoms. The minimum absolute atomic E-state index is 0.00252. The highest BCUT2D eigenvalue weighted by Gasteiger charge is 2.23. The van der Waals surface area contributed by atoms with Crippen molar-refractivity contribution in [3.63, 3.8) is 0 Å². The first-order valence-electron chi connectivity index (χ1n) is 6.75. The van der Waals surface area contributed by atoms with Crippen molar-refractivity contribution in [2.75, 3.05) is 0 Å². The molecule has 0 aromatic heterocycles. The maximum absolute atomic E-state index is 10.2. The van der Waals surface area contributed by atoms with Gasteiger partial charge in [0.1, 0.15) is 0 Å². The Kier molecular flexibility index (Phi) is 4.94. The van der Waals surface area contributed by atoms with E-state index in [1.165, 1.54) is 5.56 Å². The van der Waals surface area contributed by atoms with Crippen LogP contribution in [0.4, 0.5) is 0 Å². The van der Waals surface area contributed by atoms with E-state index in [1.54, 1.807) is 0 Å². The molecule has 0 heterocycles. The molecule has 1 aromatic rings. The summed E-state index contributed by atoms with van der Waals surface area (Å²) >= 11 is 0. The molecule has 0 saturated heterocycles. The lowest BCUT2D eigenvalue weighted by Crippen LogP contribution is -2.36. The number of hydrogen-bond donors (Lipinski definition) is 2. The fourth-order valence-electron chi connectivity index (χ4n) is 1.83. The van der Waals surface area contributed by atoms with Gasteiger partial charge in [0.15, 0.2) is 0 Å². The lowest BCUT2D eigenvalue weighted by molar-refractivity contribution is 0.133. The van der Waals surface area contributed by atoms with Crippen LogP contribution in [0.1, 0.15) is 64.2 Å². The first-order valence-corrected chi connectivity index (χ1v) is 6.75. The molecule has 18 heavy (non-hydrogen) atoms. The lowest BCUT2D eigenvalue weighted by Gasteiger charge is -2.29. The third-order valence-electron chi connectivity index (χ3n) is 3.58. The Hall–Kier alpha value is -0.860. The number of aliphatic hydroxyl groups is 1. The van der Waals surface area contributed by atoms with Gasteiger partial charge in [0.2, 0.25) is 0 Å². The molecule has 0 fully saturated rings. The quantitative estimate of drug-likeness (QED) is 0.856. The van der Waals surface area contributed by atoms with Crippen molar-refractivity contribution in [2.45, 2.75) is 59.1 Å². The van der Waals surface area contributed by atoms with E-state index in [-0.39, 0.29) is 11.5 Å². The third-order valence-corrected chi connectivity index (χ3v) is 3.58. The van der Waals surface area contributed by atoms with Crippen LogP contribution in [0.2, 0.25) is 0 Å². The summed E-state index contributed by atoms with van der Waals surface area (Å²) < 4.78 is 0. The van der Waals surface area contributed by atoms with E-state index in [0.717, 1.165) is 5.56 Å². The molecule has 0 unspecified atom stereocenters. The van der Waals surface area contributed by atoms with E-state index in [2.05, 4.69) is 46.8 Å². The van der Waals surface area contributed by atoms with Gasteiger partial charge in [0, 0.05) is 6.04 Å². The normalized spacial score (nSPS) is 15.8. The molecule has 0 aliphatic rings. The van der Waals surface area contributed by atoms with Gasteiger partial charge >= 0.3 is 0 Å². The zero-order chi connectivity index (χ0) is 13.9. The number of nitrogens with two attached hydrogens (primary N) is 1. The number of hydrogen-bond acceptors (Lipinski definition) is 2. The Bertz CT molecular complexity index is 362. The molecule has 0 aliphatic carbocycles.